The molecule has 0 aliphatic carbocycles. The zero-order chi connectivity index (χ0) is 18.0. The summed E-state index contributed by atoms with van der Waals surface area (Å²) >= 11 is 0. The molecule has 1 atom stereocenters. The van der Waals surface area contributed by atoms with Crippen molar-refractivity contribution in [3.05, 3.63) is 28.2 Å². The lowest BCUT2D eigenvalue weighted by Crippen LogP contribution is -2.36. The monoisotopic (exact) mass is 429 g/mol. The van der Waals surface area contributed by atoms with E-state index in [4.69, 9.17) is 4.42 Å². The van der Waals surface area contributed by atoms with Gasteiger partial charge in [-0.25, -0.2) is 14.9 Å². The van der Waals surface area contributed by atoms with Crippen LogP contribution in [0.4, 0.5) is 19.0 Å². The van der Waals surface area contributed by atoms with Crippen molar-refractivity contribution in [1.29, 1.82) is 0 Å². The van der Waals surface area contributed by atoms with Gasteiger partial charge in [0.15, 0.2) is 0 Å². The Kier molecular flexibility index (Phi) is 8.12. The highest BCUT2D eigenvalue weighted by molar-refractivity contribution is 5.85. The number of nitrogens with one attached hydrogen (secondary N) is 3. The molecule has 0 radical (unpaired) electrons. The summed E-state index contributed by atoms with van der Waals surface area (Å²) in [5, 5.41) is 11.8. The maximum atomic E-state index is 13.3. The number of anilines is 1. The average molecular weight is 430 g/mol. The summed E-state index contributed by atoms with van der Waals surface area (Å²) in [4.78, 5) is 15.0. The van der Waals surface area contributed by atoms with Crippen LogP contribution in [-0.2, 0) is 6.18 Å². The maximum absolute atomic E-state index is 13.3. The van der Waals surface area contributed by atoms with E-state index < -0.39 is 17.5 Å². The largest absolute Gasteiger partial charge is 0.434 e. The highest BCUT2D eigenvalue weighted by atomic mass is 35.5. The van der Waals surface area contributed by atoms with Crippen LogP contribution in [0.15, 0.2) is 21.3 Å². The minimum Gasteiger partial charge on any atom is -0.386 e. The molecule has 1 unspecified atom stereocenters. The van der Waals surface area contributed by atoms with E-state index in [1.165, 1.54) is 0 Å². The molecule has 0 amide bonds. The fourth-order valence-electron chi connectivity index (χ4n) is 2.93. The van der Waals surface area contributed by atoms with Crippen molar-refractivity contribution in [2.24, 2.45) is 5.92 Å². The van der Waals surface area contributed by atoms with Crippen molar-refractivity contribution in [2.75, 3.05) is 18.4 Å². The molecular weight excluding hydrogens is 410 g/mol. The lowest BCUT2D eigenvalue weighted by molar-refractivity contribution is -0.137. The molecule has 2 aromatic heterocycles. The molecule has 1 aliphatic rings. The number of aromatic amines is 1. The van der Waals surface area contributed by atoms with Crippen molar-refractivity contribution < 1.29 is 17.6 Å². The molecule has 0 saturated carbocycles. The molecule has 3 N–H and O–H groups in total. The number of alkyl halides is 3. The van der Waals surface area contributed by atoms with Gasteiger partial charge in [-0.2, -0.15) is 13.2 Å². The first-order chi connectivity index (χ1) is 11.8. The Morgan fingerprint density at radius 3 is 2.48 bits per heavy atom. The van der Waals surface area contributed by atoms with E-state index in [1.54, 1.807) is 0 Å². The number of H-pyrrole nitrogens is 1. The van der Waals surface area contributed by atoms with E-state index in [-0.39, 0.29) is 54.2 Å². The third-order valence-electron chi connectivity index (χ3n) is 4.31. The molecule has 3 rings (SSSR count). The standard InChI is InChI=1S/C15H18F3N5O2.2ClH/c1-8(9-4-6-19-7-5-9)20-12-10(15(16,17)18)2-3-11(21-12)13-22-23-14(24)25-13;;/h2-3,8-9,19H,4-7H2,1H3,(H,20,21)(H,23,24);2*1H. The summed E-state index contributed by atoms with van der Waals surface area (Å²) in [6.45, 7) is 3.53. The van der Waals surface area contributed by atoms with E-state index >= 15 is 0 Å². The lowest BCUT2D eigenvalue weighted by Gasteiger charge is -2.30. The van der Waals surface area contributed by atoms with Gasteiger partial charge in [-0.3, -0.25) is 0 Å². The molecule has 7 nitrogen and oxygen atoms in total. The molecule has 1 fully saturated rings. The Morgan fingerprint density at radius 2 is 1.93 bits per heavy atom. The average Bonchev–Trinajstić information content (AvgIpc) is 3.01. The molecule has 12 heteroatoms. The molecule has 3 heterocycles. The van der Waals surface area contributed by atoms with Gasteiger partial charge in [-0.1, -0.05) is 0 Å². The van der Waals surface area contributed by atoms with Gasteiger partial charge in [0.2, 0.25) is 0 Å². The molecule has 0 spiro atoms. The molecule has 27 heavy (non-hydrogen) atoms. The number of rotatable bonds is 4. The van der Waals surface area contributed by atoms with Crippen LogP contribution in [0, 0.1) is 5.92 Å². The number of nitrogens with zero attached hydrogens (tertiary/aromatic N) is 2. The first-order valence-electron chi connectivity index (χ1n) is 7.96. The van der Waals surface area contributed by atoms with Gasteiger partial charge in [-0.15, -0.1) is 29.9 Å². The third kappa shape index (κ3) is 5.60. The molecule has 0 bridgehead atoms. The Balaban J connectivity index is 0.00000182. The second-order valence-electron chi connectivity index (χ2n) is 6.03. The third-order valence-corrected chi connectivity index (χ3v) is 4.31. The van der Waals surface area contributed by atoms with Gasteiger partial charge in [0.1, 0.15) is 11.5 Å². The number of piperidine rings is 1. The van der Waals surface area contributed by atoms with Gasteiger partial charge in [-0.05, 0) is 50.9 Å². The van der Waals surface area contributed by atoms with E-state index in [9.17, 15) is 18.0 Å². The van der Waals surface area contributed by atoms with E-state index in [1.807, 2.05) is 6.92 Å². The van der Waals surface area contributed by atoms with Crippen LogP contribution in [0.5, 0.6) is 0 Å². The Hall–Kier alpha value is -1.78. The predicted octanol–water partition coefficient (Wildman–Crippen LogP) is 3.09. The van der Waals surface area contributed by atoms with Crippen molar-refractivity contribution in [3.8, 4) is 11.6 Å². The summed E-state index contributed by atoms with van der Waals surface area (Å²) in [6.07, 6.45) is -2.79. The van der Waals surface area contributed by atoms with Gasteiger partial charge in [0.05, 0.1) is 5.56 Å². The molecule has 152 valence electrons. The minimum absolute atomic E-state index is 0. The van der Waals surface area contributed by atoms with Gasteiger partial charge >= 0.3 is 11.9 Å². The number of pyridine rings is 1. The van der Waals surface area contributed by atoms with Crippen LogP contribution < -0.4 is 16.4 Å². The Labute approximate surface area is 165 Å². The smallest absolute Gasteiger partial charge is 0.386 e. The maximum Gasteiger partial charge on any atom is 0.434 e. The second-order valence-corrected chi connectivity index (χ2v) is 6.03. The van der Waals surface area contributed by atoms with Crippen LogP contribution >= 0.6 is 24.8 Å². The van der Waals surface area contributed by atoms with Gasteiger partial charge < -0.3 is 15.1 Å². The van der Waals surface area contributed by atoms with Crippen molar-refractivity contribution in [1.82, 2.24) is 20.5 Å². The van der Waals surface area contributed by atoms with Crippen LogP contribution in [0.2, 0.25) is 0 Å². The zero-order valence-corrected chi connectivity index (χ0v) is 15.9. The first-order valence-corrected chi connectivity index (χ1v) is 7.96. The normalized spacial score (nSPS) is 16.1. The van der Waals surface area contributed by atoms with E-state index in [0.717, 1.165) is 38.1 Å². The first kappa shape index (κ1) is 23.3. The number of aromatic nitrogens is 3. The summed E-state index contributed by atoms with van der Waals surface area (Å²) in [5.41, 5.74) is -0.818. The quantitative estimate of drug-likeness (QED) is 0.690. The van der Waals surface area contributed by atoms with E-state index in [2.05, 4.69) is 25.8 Å². The predicted molar refractivity (Wildman–Crippen MR) is 98.5 cm³/mol. The van der Waals surface area contributed by atoms with Crippen molar-refractivity contribution >= 4 is 30.6 Å². The highest BCUT2D eigenvalue weighted by Crippen LogP contribution is 2.36. The fraction of sp³-hybridized carbons (Fsp3) is 0.533. The van der Waals surface area contributed by atoms with Crippen LogP contribution in [0.3, 0.4) is 0 Å². The number of hydrogen-bond acceptors (Lipinski definition) is 6. The molecule has 2 aromatic rings. The van der Waals surface area contributed by atoms with Gasteiger partial charge in [0.25, 0.3) is 5.89 Å². The van der Waals surface area contributed by atoms with Crippen molar-refractivity contribution in [2.45, 2.75) is 32.0 Å². The highest BCUT2D eigenvalue weighted by Gasteiger charge is 2.35. The van der Waals surface area contributed by atoms with Gasteiger partial charge in [0, 0.05) is 6.04 Å². The summed E-state index contributed by atoms with van der Waals surface area (Å²) in [7, 11) is 0. The minimum atomic E-state index is -4.55. The SMILES string of the molecule is CC(Nc1nc(-c2n[nH]c(=O)o2)ccc1C(F)(F)F)C1CCNCC1.Cl.Cl. The van der Waals surface area contributed by atoms with Crippen LogP contribution in [0.25, 0.3) is 11.6 Å². The topological polar surface area (TPSA) is 95.8 Å². The zero-order valence-electron chi connectivity index (χ0n) is 14.3. The van der Waals surface area contributed by atoms with Crippen LogP contribution in [0.1, 0.15) is 25.3 Å². The second kappa shape index (κ2) is 9.43. The molecular formula is C15H20Cl2F3N5O2. The molecule has 1 aliphatic heterocycles. The van der Waals surface area contributed by atoms with Crippen molar-refractivity contribution in [3.63, 3.8) is 0 Å². The van der Waals surface area contributed by atoms with Crippen LogP contribution in [-0.4, -0.2) is 34.3 Å². The number of halogens is 5. The summed E-state index contributed by atoms with van der Waals surface area (Å²) in [5.74, 6) is -0.997. The molecule has 1 saturated heterocycles. The Bertz CT molecular complexity index is 790. The number of hydrogen-bond donors (Lipinski definition) is 3. The van der Waals surface area contributed by atoms with E-state index in [0.29, 0.717) is 0 Å². The fourth-order valence-corrected chi connectivity index (χ4v) is 2.93. The lowest BCUT2D eigenvalue weighted by atomic mass is 9.91. The Morgan fingerprint density at radius 1 is 1.26 bits per heavy atom. The molecule has 0 aromatic carbocycles. The summed E-state index contributed by atoms with van der Waals surface area (Å²) < 4.78 is 44.7. The summed E-state index contributed by atoms with van der Waals surface area (Å²) in [6, 6.07) is 1.86.